The number of H-pyrrole nitrogens is 1. The number of hydrogen-bond donors (Lipinski definition) is 4. The van der Waals surface area contributed by atoms with E-state index in [-0.39, 0.29) is 11.5 Å². The fraction of sp³-hybridized carbons (Fsp3) is 0.0625. The lowest BCUT2D eigenvalue weighted by atomic mass is 10.1. The van der Waals surface area contributed by atoms with Crippen molar-refractivity contribution in [2.24, 2.45) is 0 Å². The summed E-state index contributed by atoms with van der Waals surface area (Å²) in [5.41, 5.74) is 4.68. The molecule has 0 saturated carbocycles. The predicted octanol–water partition coefficient (Wildman–Crippen LogP) is 3.90. The molecule has 0 spiro atoms. The van der Waals surface area contributed by atoms with Crippen molar-refractivity contribution in [1.82, 2.24) is 10.2 Å². The quantitative estimate of drug-likeness (QED) is 0.410. The van der Waals surface area contributed by atoms with Gasteiger partial charge in [0.05, 0.1) is 5.69 Å². The van der Waals surface area contributed by atoms with E-state index < -0.39 is 0 Å². The fourth-order valence-electron chi connectivity index (χ4n) is 2.76. The lowest BCUT2D eigenvalue weighted by Crippen LogP contribution is -1.94. The van der Waals surface area contributed by atoms with Crippen LogP contribution in [0.3, 0.4) is 0 Å². The molecule has 1 aliphatic carbocycles. The maximum Gasteiger partial charge on any atom is 0.158 e. The Morgan fingerprint density at radius 2 is 1.95 bits per heavy atom. The topological polar surface area (TPSA) is 81.2 Å². The number of benzene rings is 2. The van der Waals surface area contributed by atoms with Crippen LogP contribution in [0.1, 0.15) is 11.1 Å². The molecule has 3 aromatic rings. The highest BCUT2D eigenvalue weighted by molar-refractivity contribution is 9.10. The van der Waals surface area contributed by atoms with E-state index in [1.807, 2.05) is 24.3 Å². The molecular formula is C16H12BrN3O2. The Bertz CT molecular complexity index is 889. The van der Waals surface area contributed by atoms with E-state index in [0.717, 1.165) is 38.4 Å². The first-order valence-electron chi connectivity index (χ1n) is 6.77. The van der Waals surface area contributed by atoms with E-state index in [9.17, 15) is 10.2 Å². The second kappa shape index (κ2) is 4.78. The number of nitrogens with one attached hydrogen (secondary N) is 2. The maximum atomic E-state index is 9.68. The van der Waals surface area contributed by atoms with E-state index in [1.54, 1.807) is 12.1 Å². The summed E-state index contributed by atoms with van der Waals surface area (Å²) >= 11 is 3.44. The molecule has 0 amide bonds. The first kappa shape index (κ1) is 13.2. The third kappa shape index (κ3) is 2.03. The van der Waals surface area contributed by atoms with Crippen LogP contribution in [0.25, 0.3) is 11.3 Å². The fourth-order valence-corrected chi connectivity index (χ4v) is 3.16. The molecule has 5 nitrogen and oxygen atoms in total. The van der Waals surface area contributed by atoms with Crippen LogP contribution in [0.4, 0.5) is 11.5 Å². The molecule has 0 unspecified atom stereocenters. The molecule has 1 aromatic heterocycles. The van der Waals surface area contributed by atoms with Gasteiger partial charge in [-0.1, -0.05) is 22.0 Å². The molecule has 4 N–H and O–H groups in total. The molecule has 110 valence electrons. The Balaban J connectivity index is 1.72. The van der Waals surface area contributed by atoms with Gasteiger partial charge in [0.15, 0.2) is 17.3 Å². The number of hydrogen-bond acceptors (Lipinski definition) is 4. The van der Waals surface area contributed by atoms with Gasteiger partial charge in [-0.3, -0.25) is 5.10 Å². The maximum absolute atomic E-state index is 9.68. The number of phenols is 2. The smallest absolute Gasteiger partial charge is 0.158 e. The Morgan fingerprint density at radius 1 is 1.14 bits per heavy atom. The number of nitrogens with zero attached hydrogens (tertiary/aromatic N) is 1. The van der Waals surface area contributed by atoms with Gasteiger partial charge in [0, 0.05) is 27.7 Å². The van der Waals surface area contributed by atoms with Crippen LogP contribution in [0.2, 0.25) is 0 Å². The predicted molar refractivity (Wildman–Crippen MR) is 87.6 cm³/mol. The number of aromatic nitrogens is 2. The van der Waals surface area contributed by atoms with Crippen LogP contribution in [-0.2, 0) is 6.42 Å². The zero-order valence-electron chi connectivity index (χ0n) is 11.4. The molecule has 2 aromatic carbocycles. The van der Waals surface area contributed by atoms with Crippen molar-refractivity contribution in [2.75, 3.05) is 5.32 Å². The second-order valence-corrected chi connectivity index (χ2v) is 6.15. The van der Waals surface area contributed by atoms with Crippen molar-refractivity contribution in [1.29, 1.82) is 0 Å². The van der Waals surface area contributed by atoms with Crippen molar-refractivity contribution in [3.63, 3.8) is 0 Å². The molecule has 6 heteroatoms. The minimum absolute atomic E-state index is 0.0987. The van der Waals surface area contributed by atoms with Gasteiger partial charge < -0.3 is 15.5 Å². The van der Waals surface area contributed by atoms with Crippen LogP contribution in [0.15, 0.2) is 40.9 Å². The summed E-state index contributed by atoms with van der Waals surface area (Å²) < 4.78 is 0.989. The van der Waals surface area contributed by atoms with Gasteiger partial charge in [-0.05, 0) is 35.9 Å². The summed E-state index contributed by atoms with van der Waals surface area (Å²) in [7, 11) is 0. The van der Waals surface area contributed by atoms with E-state index in [2.05, 4.69) is 31.4 Å². The zero-order chi connectivity index (χ0) is 15.3. The highest BCUT2D eigenvalue weighted by Crippen LogP contribution is 2.43. The van der Waals surface area contributed by atoms with Crippen molar-refractivity contribution in [3.8, 4) is 22.8 Å². The standard InChI is InChI=1S/C16H12BrN3O2/c17-9-2-1-3-10(6-9)18-16-12-4-8-5-13(21)14(22)7-11(8)15(12)19-20-16/h1-3,5-7,21-22H,4H2,(H2,18,19,20). The number of fused-ring (bicyclic) bond motifs is 3. The SMILES string of the molecule is Oc1cc2c(cc1O)-c1[nH]nc(Nc3cccc(Br)c3)c1C2. The third-order valence-electron chi connectivity index (χ3n) is 3.79. The first-order chi connectivity index (χ1) is 10.6. The molecule has 4 rings (SSSR count). The van der Waals surface area contributed by atoms with Crippen molar-refractivity contribution >= 4 is 27.4 Å². The second-order valence-electron chi connectivity index (χ2n) is 5.24. The molecule has 1 heterocycles. The monoisotopic (exact) mass is 357 g/mol. The van der Waals surface area contributed by atoms with Gasteiger partial charge in [0.1, 0.15) is 0 Å². The van der Waals surface area contributed by atoms with Crippen molar-refractivity contribution < 1.29 is 10.2 Å². The molecule has 22 heavy (non-hydrogen) atoms. The Morgan fingerprint density at radius 3 is 2.77 bits per heavy atom. The lowest BCUT2D eigenvalue weighted by Gasteiger charge is -2.05. The molecule has 0 saturated heterocycles. The van der Waals surface area contributed by atoms with Crippen molar-refractivity contribution in [3.05, 3.63) is 52.0 Å². The average Bonchev–Trinajstić information content (AvgIpc) is 3.01. The molecular weight excluding hydrogens is 346 g/mol. The van der Waals surface area contributed by atoms with Gasteiger partial charge in [0.25, 0.3) is 0 Å². The molecule has 0 atom stereocenters. The zero-order valence-corrected chi connectivity index (χ0v) is 13.0. The first-order valence-corrected chi connectivity index (χ1v) is 7.56. The summed E-state index contributed by atoms with van der Waals surface area (Å²) in [5, 5.41) is 29.9. The van der Waals surface area contributed by atoms with Gasteiger partial charge in [-0.15, -0.1) is 0 Å². The largest absolute Gasteiger partial charge is 0.504 e. The summed E-state index contributed by atoms with van der Waals surface area (Å²) in [6.07, 6.45) is 0.658. The number of halogens is 1. The lowest BCUT2D eigenvalue weighted by molar-refractivity contribution is 0.403. The molecule has 0 bridgehead atoms. The van der Waals surface area contributed by atoms with Gasteiger partial charge >= 0.3 is 0 Å². The molecule has 0 aliphatic heterocycles. The summed E-state index contributed by atoms with van der Waals surface area (Å²) in [5.74, 6) is 0.532. The number of aromatic hydroxyl groups is 2. The highest BCUT2D eigenvalue weighted by atomic mass is 79.9. The normalized spacial score (nSPS) is 12.0. The number of anilines is 2. The number of phenolic OH excluding ortho intramolecular Hbond substituents is 2. The van der Waals surface area contributed by atoms with Gasteiger partial charge in [-0.2, -0.15) is 5.10 Å². The van der Waals surface area contributed by atoms with Crippen molar-refractivity contribution in [2.45, 2.75) is 6.42 Å². The van der Waals surface area contributed by atoms with Crippen LogP contribution < -0.4 is 5.32 Å². The van der Waals surface area contributed by atoms with Crippen LogP contribution >= 0.6 is 15.9 Å². The molecule has 1 aliphatic rings. The minimum atomic E-state index is -0.123. The van der Waals surface area contributed by atoms with E-state index in [4.69, 9.17) is 0 Å². The number of aromatic amines is 1. The molecule has 0 radical (unpaired) electrons. The Kier molecular flexibility index (Phi) is 2.87. The summed E-state index contributed by atoms with van der Waals surface area (Å²) in [6, 6.07) is 11.0. The highest BCUT2D eigenvalue weighted by Gasteiger charge is 2.26. The third-order valence-corrected chi connectivity index (χ3v) is 4.28. The summed E-state index contributed by atoms with van der Waals surface area (Å²) in [4.78, 5) is 0. The minimum Gasteiger partial charge on any atom is -0.504 e. The van der Waals surface area contributed by atoms with Gasteiger partial charge in [-0.25, -0.2) is 0 Å². The van der Waals surface area contributed by atoms with E-state index >= 15 is 0 Å². The number of rotatable bonds is 2. The summed E-state index contributed by atoms with van der Waals surface area (Å²) in [6.45, 7) is 0. The molecule has 0 fully saturated rings. The Labute approximate surface area is 134 Å². The van der Waals surface area contributed by atoms with E-state index in [0.29, 0.717) is 6.42 Å². The van der Waals surface area contributed by atoms with Crippen LogP contribution in [0, 0.1) is 0 Å². The van der Waals surface area contributed by atoms with Gasteiger partial charge in [0.2, 0.25) is 0 Å². The van der Waals surface area contributed by atoms with Crippen LogP contribution in [-0.4, -0.2) is 20.4 Å². The average molecular weight is 358 g/mol. The van der Waals surface area contributed by atoms with Crippen LogP contribution in [0.5, 0.6) is 11.5 Å². The Hall–Kier alpha value is -2.47. The van der Waals surface area contributed by atoms with E-state index in [1.165, 1.54) is 0 Å².